The monoisotopic (exact) mass is 327 g/mol. The van der Waals surface area contributed by atoms with Crippen LogP contribution in [-0.4, -0.2) is 14.2 Å². The lowest BCUT2D eigenvalue weighted by molar-refractivity contribution is 0.419. The standard InChI is InChI=1S/C20H21NO.ClH/c1-21-19(14-15-8-4-3-5-9-15)17-12-13-20(22-2)18-11-7-6-10-16(17)18;/h3-13,19,21H,14H2,1-2H3;1H. The van der Waals surface area contributed by atoms with E-state index in [0.717, 1.165) is 17.6 Å². The number of hydrogen-bond acceptors (Lipinski definition) is 2. The summed E-state index contributed by atoms with van der Waals surface area (Å²) in [6.07, 6.45) is 0.966. The van der Waals surface area contributed by atoms with Crippen LogP contribution in [0, 0.1) is 0 Å². The summed E-state index contributed by atoms with van der Waals surface area (Å²) in [4.78, 5) is 0. The molecule has 0 aliphatic carbocycles. The van der Waals surface area contributed by atoms with Gasteiger partial charge in [0.1, 0.15) is 5.75 Å². The molecule has 0 saturated carbocycles. The maximum atomic E-state index is 5.49. The Morgan fingerprint density at radius 1 is 0.870 bits per heavy atom. The molecule has 0 radical (unpaired) electrons. The van der Waals surface area contributed by atoms with Crippen molar-refractivity contribution in [2.45, 2.75) is 12.5 Å². The van der Waals surface area contributed by atoms with E-state index >= 15 is 0 Å². The first-order valence-electron chi connectivity index (χ1n) is 7.60. The first kappa shape index (κ1) is 17.3. The highest BCUT2D eigenvalue weighted by molar-refractivity contribution is 5.91. The molecule has 3 aromatic rings. The van der Waals surface area contributed by atoms with E-state index in [9.17, 15) is 0 Å². The van der Waals surface area contributed by atoms with Crippen LogP contribution in [0.15, 0.2) is 66.7 Å². The van der Waals surface area contributed by atoms with Crippen molar-refractivity contribution < 1.29 is 4.74 Å². The lowest BCUT2D eigenvalue weighted by atomic mass is 9.94. The van der Waals surface area contributed by atoms with Gasteiger partial charge in [-0.1, -0.05) is 60.7 Å². The molecule has 3 heteroatoms. The molecule has 1 unspecified atom stereocenters. The first-order chi connectivity index (χ1) is 10.8. The van der Waals surface area contributed by atoms with Crippen molar-refractivity contribution in [1.82, 2.24) is 5.32 Å². The summed E-state index contributed by atoms with van der Waals surface area (Å²) in [6, 6.07) is 23.5. The van der Waals surface area contributed by atoms with E-state index in [1.807, 2.05) is 7.05 Å². The Hall–Kier alpha value is -2.03. The summed E-state index contributed by atoms with van der Waals surface area (Å²) < 4.78 is 5.49. The van der Waals surface area contributed by atoms with Crippen molar-refractivity contribution in [2.75, 3.05) is 14.2 Å². The van der Waals surface area contributed by atoms with Gasteiger partial charge in [-0.2, -0.15) is 0 Å². The molecule has 0 fully saturated rings. The number of hydrogen-bond donors (Lipinski definition) is 1. The minimum absolute atomic E-state index is 0. The van der Waals surface area contributed by atoms with E-state index in [2.05, 4.69) is 72.0 Å². The molecule has 0 aliphatic rings. The third-order valence-corrected chi connectivity index (χ3v) is 4.14. The molecule has 0 bridgehead atoms. The van der Waals surface area contributed by atoms with Crippen molar-refractivity contribution in [1.29, 1.82) is 0 Å². The van der Waals surface area contributed by atoms with Crippen LogP contribution in [0.3, 0.4) is 0 Å². The Balaban J connectivity index is 0.00000192. The molecule has 3 aromatic carbocycles. The predicted octanol–water partition coefficient (Wildman–Crippen LogP) is 4.77. The molecule has 1 atom stereocenters. The highest BCUT2D eigenvalue weighted by atomic mass is 35.5. The van der Waals surface area contributed by atoms with Crippen molar-refractivity contribution in [3.05, 3.63) is 77.9 Å². The zero-order valence-electron chi connectivity index (χ0n) is 13.5. The molecule has 2 nitrogen and oxygen atoms in total. The van der Waals surface area contributed by atoms with Gasteiger partial charge in [0, 0.05) is 11.4 Å². The van der Waals surface area contributed by atoms with Gasteiger partial charge >= 0.3 is 0 Å². The van der Waals surface area contributed by atoms with E-state index in [-0.39, 0.29) is 18.4 Å². The Morgan fingerprint density at radius 3 is 2.17 bits per heavy atom. The maximum absolute atomic E-state index is 5.49. The van der Waals surface area contributed by atoms with Gasteiger partial charge in [-0.3, -0.25) is 0 Å². The number of nitrogens with one attached hydrogen (secondary N) is 1. The molecular weight excluding hydrogens is 306 g/mol. The van der Waals surface area contributed by atoms with Crippen molar-refractivity contribution in [3.8, 4) is 5.75 Å². The lowest BCUT2D eigenvalue weighted by Gasteiger charge is -2.20. The molecule has 0 aliphatic heterocycles. The third-order valence-electron chi connectivity index (χ3n) is 4.14. The SMILES string of the molecule is CNC(Cc1ccccc1)c1ccc(OC)c2ccccc12.Cl. The van der Waals surface area contributed by atoms with Crippen LogP contribution >= 0.6 is 12.4 Å². The number of benzene rings is 3. The molecule has 0 spiro atoms. The van der Waals surface area contributed by atoms with Gasteiger partial charge < -0.3 is 10.1 Å². The van der Waals surface area contributed by atoms with Crippen molar-refractivity contribution >= 4 is 23.2 Å². The second-order valence-corrected chi connectivity index (χ2v) is 5.43. The Bertz CT molecular complexity index is 758. The van der Waals surface area contributed by atoms with Crippen molar-refractivity contribution in [2.24, 2.45) is 0 Å². The zero-order valence-corrected chi connectivity index (χ0v) is 14.3. The van der Waals surface area contributed by atoms with E-state index in [0.29, 0.717) is 0 Å². The van der Waals surface area contributed by atoms with Gasteiger partial charge in [0.2, 0.25) is 0 Å². The normalized spacial score (nSPS) is 11.7. The minimum Gasteiger partial charge on any atom is -0.496 e. The molecule has 0 amide bonds. The quantitative estimate of drug-likeness (QED) is 0.728. The largest absolute Gasteiger partial charge is 0.496 e. The molecular formula is C20H22ClNO. The second-order valence-electron chi connectivity index (χ2n) is 5.43. The smallest absolute Gasteiger partial charge is 0.126 e. The van der Waals surface area contributed by atoms with Gasteiger partial charge in [-0.15, -0.1) is 12.4 Å². The van der Waals surface area contributed by atoms with Crippen LogP contribution in [0.4, 0.5) is 0 Å². The Labute approximate surface area is 143 Å². The van der Waals surface area contributed by atoms with Crippen LogP contribution in [0.5, 0.6) is 5.75 Å². The average molecular weight is 328 g/mol. The summed E-state index contributed by atoms with van der Waals surface area (Å²) in [6.45, 7) is 0. The van der Waals surface area contributed by atoms with Gasteiger partial charge in [0.25, 0.3) is 0 Å². The first-order valence-corrected chi connectivity index (χ1v) is 7.60. The number of rotatable bonds is 5. The van der Waals surface area contributed by atoms with Crippen LogP contribution < -0.4 is 10.1 Å². The number of fused-ring (bicyclic) bond motifs is 1. The predicted molar refractivity (Wildman–Crippen MR) is 99.7 cm³/mol. The fourth-order valence-corrected chi connectivity index (χ4v) is 2.99. The number of ether oxygens (including phenoxy) is 1. The van der Waals surface area contributed by atoms with E-state index in [4.69, 9.17) is 4.74 Å². The topological polar surface area (TPSA) is 21.3 Å². The molecule has 1 N–H and O–H groups in total. The number of methoxy groups -OCH3 is 1. The average Bonchev–Trinajstić information content (AvgIpc) is 2.60. The lowest BCUT2D eigenvalue weighted by Crippen LogP contribution is -2.19. The maximum Gasteiger partial charge on any atom is 0.126 e. The van der Waals surface area contributed by atoms with Crippen molar-refractivity contribution in [3.63, 3.8) is 0 Å². The summed E-state index contributed by atoms with van der Waals surface area (Å²) in [5.74, 6) is 0.925. The van der Waals surface area contributed by atoms with Gasteiger partial charge in [-0.25, -0.2) is 0 Å². The van der Waals surface area contributed by atoms with E-state index in [1.165, 1.54) is 16.5 Å². The van der Waals surface area contributed by atoms with E-state index < -0.39 is 0 Å². The fraction of sp³-hybridized carbons (Fsp3) is 0.200. The minimum atomic E-state index is 0. The highest BCUT2D eigenvalue weighted by Crippen LogP contribution is 2.32. The fourth-order valence-electron chi connectivity index (χ4n) is 2.99. The molecule has 0 aromatic heterocycles. The van der Waals surface area contributed by atoms with E-state index in [1.54, 1.807) is 7.11 Å². The summed E-state index contributed by atoms with van der Waals surface area (Å²) >= 11 is 0. The molecule has 0 saturated heterocycles. The third kappa shape index (κ3) is 3.66. The number of halogens is 1. The van der Waals surface area contributed by atoms with Gasteiger partial charge in [-0.05, 0) is 36.0 Å². The number of likely N-dealkylation sites (N-methyl/N-ethyl adjacent to an activating group) is 1. The van der Waals surface area contributed by atoms with Crippen LogP contribution in [0.25, 0.3) is 10.8 Å². The molecule has 120 valence electrons. The summed E-state index contributed by atoms with van der Waals surface area (Å²) in [5.41, 5.74) is 2.64. The van der Waals surface area contributed by atoms with Gasteiger partial charge in [0.05, 0.1) is 7.11 Å². The molecule has 23 heavy (non-hydrogen) atoms. The second kappa shape index (κ2) is 8.00. The van der Waals surface area contributed by atoms with Crippen LogP contribution in [0.1, 0.15) is 17.2 Å². The zero-order chi connectivity index (χ0) is 15.4. The summed E-state index contributed by atoms with van der Waals surface area (Å²) in [7, 11) is 3.74. The van der Waals surface area contributed by atoms with Crippen LogP contribution in [-0.2, 0) is 6.42 Å². The highest BCUT2D eigenvalue weighted by Gasteiger charge is 2.15. The van der Waals surface area contributed by atoms with Crippen LogP contribution in [0.2, 0.25) is 0 Å². The Kier molecular flexibility index (Phi) is 6.03. The molecule has 3 rings (SSSR count). The van der Waals surface area contributed by atoms with Gasteiger partial charge in [0.15, 0.2) is 0 Å². The Morgan fingerprint density at radius 2 is 1.52 bits per heavy atom. The molecule has 0 heterocycles. The summed E-state index contributed by atoms with van der Waals surface area (Å²) in [5, 5.41) is 5.87.